The van der Waals surface area contributed by atoms with Crippen LogP contribution in [0.25, 0.3) is 0 Å². The predicted molar refractivity (Wildman–Crippen MR) is 210 cm³/mol. The summed E-state index contributed by atoms with van der Waals surface area (Å²) in [5.74, 6) is 0. The van der Waals surface area contributed by atoms with E-state index in [1.165, 1.54) is 264 Å². The second-order valence-corrected chi connectivity index (χ2v) is 15.3. The molecule has 2 heteroatoms. The van der Waals surface area contributed by atoms with E-state index < -0.39 is 0 Å². The first kappa shape index (κ1) is 45.9. The maximum absolute atomic E-state index is 8.80. The third-order valence-electron chi connectivity index (χ3n) is 10.5. The third kappa shape index (κ3) is 43.9. The van der Waals surface area contributed by atoms with Gasteiger partial charge in [0.05, 0.1) is 0 Å². The number of hydrogen-bond acceptors (Lipinski definition) is 2. The summed E-state index contributed by atoms with van der Waals surface area (Å²) in [6.45, 7) is 5.16. The van der Waals surface area contributed by atoms with Crippen molar-refractivity contribution in [3.63, 3.8) is 0 Å². The van der Waals surface area contributed by atoms with E-state index in [4.69, 9.17) is 5.11 Å². The minimum Gasteiger partial charge on any atom is -0.396 e. The monoisotopic (exact) mass is 650 g/mol. The Kier molecular flexibility index (Phi) is 44.8. The van der Waals surface area contributed by atoms with Crippen molar-refractivity contribution in [2.75, 3.05) is 19.7 Å². The second-order valence-electron chi connectivity index (χ2n) is 15.3. The molecule has 2 N–H and O–H groups in total. The molecule has 0 fully saturated rings. The lowest BCUT2D eigenvalue weighted by Crippen LogP contribution is -2.16. The number of unbranched alkanes of at least 4 members (excludes halogenated alkanes) is 38. The third-order valence-corrected chi connectivity index (χ3v) is 10.5. The van der Waals surface area contributed by atoms with Crippen LogP contribution in [0, 0.1) is 0 Å². The molecule has 0 aliphatic heterocycles. The van der Waals surface area contributed by atoms with Gasteiger partial charge in [0.15, 0.2) is 0 Å². The average Bonchev–Trinajstić information content (AvgIpc) is 3.07. The summed E-state index contributed by atoms with van der Waals surface area (Å²) in [6.07, 6.45) is 57.3. The normalized spacial score (nSPS) is 11.6. The fourth-order valence-corrected chi connectivity index (χ4v) is 7.17. The van der Waals surface area contributed by atoms with Crippen LogP contribution in [-0.4, -0.2) is 24.8 Å². The first-order chi connectivity index (χ1) is 22.9. The van der Waals surface area contributed by atoms with Crippen molar-refractivity contribution in [2.24, 2.45) is 0 Å². The summed E-state index contributed by atoms with van der Waals surface area (Å²) in [6, 6.07) is 0. The number of aliphatic hydroxyl groups excluding tert-OH is 1. The molecule has 0 aliphatic carbocycles. The number of nitrogens with one attached hydrogen (secondary N) is 1. The highest BCUT2D eigenvalue weighted by Gasteiger charge is 1.98. The number of rotatable bonds is 43. The molecule has 0 saturated heterocycles. The molecule has 0 rings (SSSR count). The van der Waals surface area contributed by atoms with E-state index in [-0.39, 0.29) is 0 Å². The zero-order valence-corrected chi connectivity index (χ0v) is 32.4. The molecule has 0 spiro atoms. The SMILES string of the molecule is CCCCCCCCCCCCCCCCCCCCCCNCCCCCCCCCCCCCCCCCCCCCCO. The summed E-state index contributed by atoms with van der Waals surface area (Å²) >= 11 is 0. The Labute approximate surface area is 293 Å². The van der Waals surface area contributed by atoms with Crippen LogP contribution in [0.2, 0.25) is 0 Å². The van der Waals surface area contributed by atoms with Crippen LogP contribution in [-0.2, 0) is 0 Å². The van der Waals surface area contributed by atoms with Gasteiger partial charge in [-0.2, -0.15) is 0 Å². The van der Waals surface area contributed by atoms with Crippen molar-refractivity contribution in [1.29, 1.82) is 0 Å². The second kappa shape index (κ2) is 44.9. The maximum Gasteiger partial charge on any atom is 0.0431 e. The van der Waals surface area contributed by atoms with E-state index in [1.54, 1.807) is 0 Å². The lowest BCUT2D eigenvalue weighted by molar-refractivity contribution is 0.282. The summed E-state index contributed by atoms with van der Waals surface area (Å²) < 4.78 is 0. The zero-order chi connectivity index (χ0) is 33.1. The Morgan fingerprint density at radius 1 is 0.239 bits per heavy atom. The summed E-state index contributed by atoms with van der Waals surface area (Å²) in [5.41, 5.74) is 0. The highest BCUT2D eigenvalue weighted by Crippen LogP contribution is 2.16. The van der Waals surface area contributed by atoms with Gasteiger partial charge in [-0.3, -0.25) is 0 Å². The van der Waals surface area contributed by atoms with Gasteiger partial charge < -0.3 is 10.4 Å². The van der Waals surface area contributed by atoms with Crippen molar-refractivity contribution in [3.8, 4) is 0 Å². The standard InChI is InChI=1S/C44H91NO/c1-2-3-4-5-6-7-8-9-10-11-12-15-18-21-24-27-30-33-36-39-42-45-43-40-37-34-31-28-25-22-19-16-13-14-17-20-23-26-29-32-35-38-41-44-46/h45-46H,2-44H2,1H3. The molecule has 0 amide bonds. The predicted octanol–water partition coefficient (Wildman–Crippen LogP) is 15.2. The van der Waals surface area contributed by atoms with Gasteiger partial charge in [-0.05, 0) is 32.4 Å². The van der Waals surface area contributed by atoms with Gasteiger partial charge in [-0.25, -0.2) is 0 Å². The summed E-state index contributed by atoms with van der Waals surface area (Å²) in [7, 11) is 0. The van der Waals surface area contributed by atoms with Crippen molar-refractivity contribution >= 4 is 0 Å². The van der Waals surface area contributed by atoms with Crippen LogP contribution in [0.1, 0.15) is 264 Å². The van der Waals surface area contributed by atoms with Crippen LogP contribution in [0.5, 0.6) is 0 Å². The molecule has 46 heavy (non-hydrogen) atoms. The highest BCUT2D eigenvalue weighted by molar-refractivity contribution is 4.55. The molecule has 0 aliphatic rings. The van der Waals surface area contributed by atoms with Gasteiger partial charge in [-0.1, -0.05) is 244 Å². The molecule has 2 nitrogen and oxygen atoms in total. The summed E-state index contributed by atoms with van der Waals surface area (Å²) in [4.78, 5) is 0. The van der Waals surface area contributed by atoms with E-state index in [0.29, 0.717) is 6.61 Å². The molecule has 0 heterocycles. The fourth-order valence-electron chi connectivity index (χ4n) is 7.17. The van der Waals surface area contributed by atoms with Crippen LogP contribution < -0.4 is 5.32 Å². The minimum absolute atomic E-state index is 0.373. The summed E-state index contributed by atoms with van der Waals surface area (Å²) in [5, 5.41) is 12.5. The largest absolute Gasteiger partial charge is 0.396 e. The van der Waals surface area contributed by atoms with Crippen molar-refractivity contribution in [1.82, 2.24) is 5.32 Å². The van der Waals surface area contributed by atoms with Crippen molar-refractivity contribution in [3.05, 3.63) is 0 Å². The Morgan fingerprint density at radius 2 is 0.413 bits per heavy atom. The lowest BCUT2D eigenvalue weighted by atomic mass is 10.0. The topological polar surface area (TPSA) is 32.3 Å². The van der Waals surface area contributed by atoms with Gasteiger partial charge >= 0.3 is 0 Å². The van der Waals surface area contributed by atoms with E-state index in [0.717, 1.165) is 6.42 Å². The van der Waals surface area contributed by atoms with Crippen molar-refractivity contribution in [2.45, 2.75) is 264 Å². The Balaban J connectivity index is 3.03. The van der Waals surface area contributed by atoms with Crippen LogP contribution in [0.15, 0.2) is 0 Å². The minimum atomic E-state index is 0.373. The number of hydrogen-bond donors (Lipinski definition) is 2. The van der Waals surface area contributed by atoms with Gasteiger partial charge in [0, 0.05) is 6.61 Å². The molecular weight excluding hydrogens is 558 g/mol. The molecule has 0 atom stereocenters. The van der Waals surface area contributed by atoms with Gasteiger partial charge in [0.25, 0.3) is 0 Å². The molecule has 0 saturated carbocycles. The molecule has 278 valence electrons. The molecule has 0 aromatic carbocycles. The fraction of sp³-hybridized carbons (Fsp3) is 1.00. The number of aliphatic hydroxyl groups is 1. The Bertz CT molecular complexity index is 450. The smallest absolute Gasteiger partial charge is 0.0431 e. The zero-order valence-electron chi connectivity index (χ0n) is 32.4. The molecule has 0 radical (unpaired) electrons. The Morgan fingerprint density at radius 3 is 0.609 bits per heavy atom. The highest BCUT2D eigenvalue weighted by atomic mass is 16.2. The van der Waals surface area contributed by atoms with Gasteiger partial charge in [-0.15, -0.1) is 0 Å². The van der Waals surface area contributed by atoms with E-state index in [2.05, 4.69) is 12.2 Å². The molecule has 0 bridgehead atoms. The van der Waals surface area contributed by atoms with E-state index in [9.17, 15) is 0 Å². The first-order valence-electron chi connectivity index (χ1n) is 22.2. The van der Waals surface area contributed by atoms with Crippen LogP contribution in [0.3, 0.4) is 0 Å². The quantitative estimate of drug-likeness (QED) is 0.0644. The average molecular weight is 650 g/mol. The van der Waals surface area contributed by atoms with E-state index in [1.807, 2.05) is 0 Å². The van der Waals surface area contributed by atoms with E-state index >= 15 is 0 Å². The molecule has 0 aromatic heterocycles. The maximum atomic E-state index is 8.80. The van der Waals surface area contributed by atoms with Crippen LogP contribution >= 0.6 is 0 Å². The first-order valence-corrected chi connectivity index (χ1v) is 22.2. The van der Waals surface area contributed by atoms with Crippen molar-refractivity contribution < 1.29 is 5.11 Å². The molecular formula is C44H91NO. The van der Waals surface area contributed by atoms with Crippen LogP contribution in [0.4, 0.5) is 0 Å². The lowest BCUT2D eigenvalue weighted by Gasteiger charge is -2.06. The molecule has 0 aromatic rings. The van der Waals surface area contributed by atoms with Gasteiger partial charge in [0.1, 0.15) is 0 Å². The van der Waals surface area contributed by atoms with Gasteiger partial charge in [0.2, 0.25) is 0 Å². The molecule has 0 unspecified atom stereocenters. The Hall–Kier alpha value is -0.0800.